The average molecular weight is 417 g/mol. The number of nitrogens with one attached hydrogen (secondary N) is 2. The number of benzene rings is 2. The van der Waals surface area contributed by atoms with Gasteiger partial charge in [-0.1, -0.05) is 48.5 Å². The van der Waals surface area contributed by atoms with Crippen LogP contribution in [0.25, 0.3) is 16.9 Å². The van der Waals surface area contributed by atoms with Crippen LogP contribution in [0.3, 0.4) is 0 Å². The molecule has 0 aliphatic rings. The number of hydrogen-bond donors (Lipinski definition) is 2. The molecule has 0 radical (unpaired) electrons. The molecule has 0 spiro atoms. The van der Waals surface area contributed by atoms with E-state index < -0.39 is 11.8 Å². The molecule has 0 atom stereocenters. The lowest BCUT2D eigenvalue weighted by Crippen LogP contribution is -2.43. The maximum Gasteiger partial charge on any atom is 0.276 e. The van der Waals surface area contributed by atoms with Crippen LogP contribution in [-0.2, 0) is 4.79 Å². The van der Waals surface area contributed by atoms with E-state index in [1.165, 1.54) is 0 Å². The van der Waals surface area contributed by atoms with Crippen LogP contribution >= 0.6 is 0 Å². The average Bonchev–Trinajstić information content (AvgIpc) is 3.44. The molecule has 2 amide bonds. The molecule has 2 N–H and O–H groups in total. The van der Waals surface area contributed by atoms with E-state index in [0.29, 0.717) is 17.0 Å². The van der Waals surface area contributed by atoms with Gasteiger partial charge in [0.15, 0.2) is 6.61 Å². The first-order valence-electron chi connectivity index (χ1n) is 9.46. The summed E-state index contributed by atoms with van der Waals surface area (Å²) in [5, 5.41) is 8.21. The normalized spacial score (nSPS) is 10.5. The molecule has 9 heteroatoms. The highest BCUT2D eigenvalue weighted by molar-refractivity contribution is 6.00. The second-order valence-corrected chi connectivity index (χ2v) is 6.60. The summed E-state index contributed by atoms with van der Waals surface area (Å²) in [6, 6.07) is 20.3. The number of carbonyl (C=O) groups is 2. The van der Waals surface area contributed by atoms with Crippen molar-refractivity contribution < 1.29 is 18.8 Å². The van der Waals surface area contributed by atoms with Crippen molar-refractivity contribution in [2.24, 2.45) is 0 Å². The summed E-state index contributed by atoms with van der Waals surface area (Å²) in [5.41, 5.74) is 7.11. The lowest BCUT2D eigenvalue weighted by atomic mass is 10.1. The smallest absolute Gasteiger partial charge is 0.276 e. The van der Waals surface area contributed by atoms with Gasteiger partial charge in [-0.25, -0.2) is 4.68 Å². The van der Waals surface area contributed by atoms with E-state index in [1.54, 1.807) is 23.9 Å². The zero-order valence-corrected chi connectivity index (χ0v) is 16.6. The van der Waals surface area contributed by atoms with Crippen molar-refractivity contribution in [3.63, 3.8) is 0 Å². The third kappa shape index (κ3) is 4.78. The van der Waals surface area contributed by atoms with Gasteiger partial charge in [0.1, 0.15) is 11.5 Å². The van der Waals surface area contributed by atoms with Gasteiger partial charge in [-0.2, -0.15) is 5.10 Å². The minimum Gasteiger partial charge on any atom is -0.465 e. The molecule has 0 unspecified atom stereocenters. The van der Waals surface area contributed by atoms with Gasteiger partial charge in [-0.15, -0.1) is 0 Å². The maximum atomic E-state index is 12.8. The summed E-state index contributed by atoms with van der Waals surface area (Å²) >= 11 is 0. The second kappa shape index (κ2) is 8.95. The van der Waals surface area contributed by atoms with Crippen molar-refractivity contribution >= 4 is 11.8 Å². The van der Waals surface area contributed by atoms with Crippen molar-refractivity contribution in [3.8, 4) is 22.8 Å². The first-order valence-corrected chi connectivity index (χ1v) is 9.46. The number of nitrogens with zero attached hydrogens (tertiary/aromatic N) is 3. The Hall–Kier alpha value is -4.40. The van der Waals surface area contributed by atoms with Crippen molar-refractivity contribution in [3.05, 3.63) is 84.3 Å². The van der Waals surface area contributed by atoms with Crippen molar-refractivity contribution in [1.82, 2.24) is 25.8 Å². The quantitative estimate of drug-likeness (QED) is 0.467. The summed E-state index contributed by atoms with van der Waals surface area (Å²) < 4.78 is 11.7. The Labute approximate surface area is 177 Å². The fourth-order valence-corrected chi connectivity index (χ4v) is 2.84. The summed E-state index contributed by atoms with van der Waals surface area (Å²) in [7, 11) is 0. The number of hydrogen-bond acceptors (Lipinski definition) is 6. The molecule has 4 rings (SSSR count). The maximum absolute atomic E-state index is 12.8. The molecule has 2 heterocycles. The molecule has 9 nitrogen and oxygen atoms in total. The second-order valence-electron chi connectivity index (χ2n) is 6.60. The minimum absolute atomic E-state index is 0.189. The summed E-state index contributed by atoms with van der Waals surface area (Å²) in [6.45, 7) is 1.38. The van der Waals surface area contributed by atoms with Crippen LogP contribution < -0.4 is 15.6 Å². The van der Waals surface area contributed by atoms with Gasteiger partial charge in [0.2, 0.25) is 0 Å². The van der Waals surface area contributed by atoms with E-state index in [0.717, 1.165) is 11.3 Å². The largest absolute Gasteiger partial charge is 0.465 e. The Morgan fingerprint density at radius 2 is 1.74 bits per heavy atom. The van der Waals surface area contributed by atoms with Gasteiger partial charge < -0.3 is 9.26 Å². The minimum atomic E-state index is -0.550. The van der Waals surface area contributed by atoms with E-state index >= 15 is 0 Å². The van der Waals surface area contributed by atoms with Gasteiger partial charge in [-0.05, 0) is 24.2 Å². The first kappa shape index (κ1) is 19.9. The number of aromatic nitrogens is 3. The molecule has 0 saturated heterocycles. The van der Waals surface area contributed by atoms with Crippen molar-refractivity contribution in [2.75, 3.05) is 6.61 Å². The van der Waals surface area contributed by atoms with Gasteiger partial charge in [0, 0.05) is 17.8 Å². The Kier molecular flexibility index (Phi) is 5.75. The number of para-hydroxylation sites is 1. The zero-order chi connectivity index (χ0) is 21.6. The molecule has 31 heavy (non-hydrogen) atoms. The lowest BCUT2D eigenvalue weighted by molar-refractivity contribution is -0.123. The fraction of sp³-hybridized carbons (Fsp3) is 0.0909. The molecule has 0 bridgehead atoms. The molecule has 0 saturated carbocycles. The zero-order valence-electron chi connectivity index (χ0n) is 16.6. The van der Waals surface area contributed by atoms with Crippen molar-refractivity contribution in [1.29, 1.82) is 0 Å². The van der Waals surface area contributed by atoms with E-state index in [9.17, 15) is 9.59 Å². The van der Waals surface area contributed by atoms with E-state index in [1.807, 2.05) is 60.7 Å². The Balaban J connectivity index is 1.48. The SMILES string of the molecule is Cc1cc(OCC(=O)NNC(=O)c2cn(-c3ccccc3)nc2-c2ccccc2)no1. The van der Waals surface area contributed by atoms with Crippen LogP contribution in [0.1, 0.15) is 16.1 Å². The van der Waals surface area contributed by atoms with E-state index in [-0.39, 0.29) is 12.5 Å². The molecular weight excluding hydrogens is 398 g/mol. The van der Waals surface area contributed by atoms with Crippen LogP contribution in [0.15, 0.2) is 77.4 Å². The topological polar surface area (TPSA) is 111 Å². The molecule has 0 fully saturated rings. The van der Waals surface area contributed by atoms with Crippen LogP contribution in [-0.4, -0.2) is 33.4 Å². The number of rotatable bonds is 6. The molecule has 2 aromatic carbocycles. The Morgan fingerprint density at radius 1 is 1.03 bits per heavy atom. The van der Waals surface area contributed by atoms with Crippen LogP contribution in [0.4, 0.5) is 0 Å². The number of carbonyl (C=O) groups excluding carboxylic acids is 2. The third-order valence-corrected chi connectivity index (χ3v) is 4.30. The highest BCUT2D eigenvalue weighted by atomic mass is 16.5. The summed E-state index contributed by atoms with van der Waals surface area (Å²) in [5.74, 6) is -0.306. The van der Waals surface area contributed by atoms with Gasteiger partial charge in [-0.3, -0.25) is 20.4 Å². The number of ether oxygens (including phenoxy) is 1. The molecule has 4 aromatic rings. The molecular formula is C22H19N5O4. The standard InChI is InChI=1S/C22H19N5O4/c1-15-12-20(26-31-15)30-14-19(28)23-24-22(29)18-13-27(17-10-6-3-7-11-17)25-21(18)16-8-4-2-5-9-16/h2-13H,14H2,1H3,(H,23,28)(H,24,29). The Bertz CT molecular complexity index is 1190. The number of amides is 2. The number of hydrazine groups is 1. The Morgan fingerprint density at radius 3 is 2.42 bits per heavy atom. The number of aryl methyl sites for hydroxylation is 1. The lowest BCUT2D eigenvalue weighted by Gasteiger charge is -2.07. The van der Waals surface area contributed by atoms with Crippen LogP contribution in [0.2, 0.25) is 0 Å². The predicted molar refractivity (Wildman–Crippen MR) is 111 cm³/mol. The summed E-state index contributed by atoms with van der Waals surface area (Å²) in [4.78, 5) is 24.8. The van der Waals surface area contributed by atoms with Gasteiger partial charge >= 0.3 is 0 Å². The highest BCUT2D eigenvalue weighted by Gasteiger charge is 2.19. The summed E-state index contributed by atoms with van der Waals surface area (Å²) in [6.07, 6.45) is 1.62. The first-order chi connectivity index (χ1) is 15.1. The molecule has 2 aromatic heterocycles. The van der Waals surface area contributed by atoms with Crippen LogP contribution in [0.5, 0.6) is 5.88 Å². The van der Waals surface area contributed by atoms with Crippen molar-refractivity contribution in [2.45, 2.75) is 6.92 Å². The predicted octanol–water partition coefficient (Wildman–Crippen LogP) is 2.68. The fourth-order valence-electron chi connectivity index (χ4n) is 2.84. The highest BCUT2D eigenvalue weighted by Crippen LogP contribution is 2.23. The monoisotopic (exact) mass is 417 g/mol. The van der Waals surface area contributed by atoms with Gasteiger partial charge in [0.05, 0.1) is 11.3 Å². The van der Waals surface area contributed by atoms with Gasteiger partial charge in [0.25, 0.3) is 17.7 Å². The molecule has 0 aliphatic carbocycles. The van der Waals surface area contributed by atoms with E-state index in [4.69, 9.17) is 9.26 Å². The van der Waals surface area contributed by atoms with Crippen LogP contribution in [0, 0.1) is 6.92 Å². The van der Waals surface area contributed by atoms with E-state index in [2.05, 4.69) is 21.1 Å². The molecule has 156 valence electrons. The molecule has 0 aliphatic heterocycles. The third-order valence-electron chi connectivity index (χ3n) is 4.30.